The van der Waals surface area contributed by atoms with Gasteiger partial charge in [0.25, 0.3) is 0 Å². The Kier molecular flexibility index (Phi) is 5.96. The van der Waals surface area contributed by atoms with Crippen molar-refractivity contribution in [2.75, 3.05) is 12.3 Å². The first kappa shape index (κ1) is 17.5. The molecule has 24 heavy (non-hydrogen) atoms. The molecular weight excluding hydrogens is 302 g/mol. The second-order valence-corrected chi connectivity index (χ2v) is 6.12. The summed E-state index contributed by atoms with van der Waals surface area (Å²) in [6.07, 6.45) is 1.83. The summed E-state index contributed by atoms with van der Waals surface area (Å²) in [7, 11) is 0. The van der Waals surface area contributed by atoms with Crippen molar-refractivity contribution in [1.82, 2.24) is 15.1 Å². The van der Waals surface area contributed by atoms with Gasteiger partial charge in [-0.25, -0.2) is 4.68 Å². The Hall–Kier alpha value is -2.81. The van der Waals surface area contributed by atoms with E-state index in [0.29, 0.717) is 48.8 Å². The zero-order valence-corrected chi connectivity index (χ0v) is 14.1. The van der Waals surface area contributed by atoms with Gasteiger partial charge >= 0.3 is 0 Å². The topological polar surface area (TPSA) is 96.7 Å². The van der Waals surface area contributed by atoms with Crippen LogP contribution in [0.1, 0.15) is 37.9 Å². The van der Waals surface area contributed by atoms with Gasteiger partial charge in [0.1, 0.15) is 17.5 Å². The SMILES string of the molecule is CC(C)CC(=O)NCCCc1nn(-c2ccccc2)c(N)c1C#N. The molecule has 0 radical (unpaired) electrons. The average molecular weight is 325 g/mol. The Balaban J connectivity index is 2.01. The molecule has 0 aliphatic rings. The van der Waals surface area contributed by atoms with Crippen molar-refractivity contribution in [3.8, 4) is 11.8 Å². The second-order valence-electron chi connectivity index (χ2n) is 6.12. The van der Waals surface area contributed by atoms with Gasteiger partial charge in [0.2, 0.25) is 5.91 Å². The number of nitrogens with zero attached hydrogens (tertiary/aromatic N) is 3. The fourth-order valence-electron chi connectivity index (χ4n) is 2.47. The van der Waals surface area contributed by atoms with E-state index in [1.165, 1.54) is 0 Å². The Morgan fingerprint density at radius 3 is 2.71 bits per heavy atom. The summed E-state index contributed by atoms with van der Waals surface area (Å²) in [4.78, 5) is 11.6. The highest BCUT2D eigenvalue weighted by Gasteiger charge is 2.16. The molecule has 0 saturated carbocycles. The number of benzene rings is 1. The van der Waals surface area contributed by atoms with Crippen LogP contribution in [0, 0.1) is 17.2 Å². The van der Waals surface area contributed by atoms with Crippen LogP contribution in [-0.2, 0) is 11.2 Å². The van der Waals surface area contributed by atoms with Crippen LogP contribution >= 0.6 is 0 Å². The molecule has 1 aromatic carbocycles. The number of anilines is 1. The number of rotatable bonds is 7. The van der Waals surface area contributed by atoms with Crippen LogP contribution in [0.15, 0.2) is 30.3 Å². The van der Waals surface area contributed by atoms with Gasteiger partial charge in [-0.15, -0.1) is 0 Å². The Morgan fingerprint density at radius 1 is 1.38 bits per heavy atom. The number of amides is 1. The van der Waals surface area contributed by atoms with E-state index in [9.17, 15) is 10.1 Å². The minimum absolute atomic E-state index is 0.0554. The van der Waals surface area contributed by atoms with Crippen LogP contribution in [0.2, 0.25) is 0 Å². The molecule has 0 unspecified atom stereocenters. The third-order valence-electron chi connectivity index (χ3n) is 3.61. The minimum Gasteiger partial charge on any atom is -0.382 e. The van der Waals surface area contributed by atoms with E-state index in [4.69, 9.17) is 5.73 Å². The molecule has 0 aliphatic heterocycles. The molecule has 6 nitrogen and oxygen atoms in total. The summed E-state index contributed by atoms with van der Waals surface area (Å²) in [5.74, 6) is 0.749. The van der Waals surface area contributed by atoms with Crippen molar-refractivity contribution in [2.45, 2.75) is 33.1 Å². The number of aryl methyl sites for hydroxylation is 1. The second kappa shape index (κ2) is 8.16. The standard InChI is InChI=1S/C18H23N5O/c1-13(2)11-17(24)21-10-6-9-16-15(12-19)18(20)23(22-16)14-7-4-3-5-8-14/h3-5,7-8,13H,6,9-11,20H2,1-2H3,(H,21,24). The highest BCUT2D eigenvalue weighted by molar-refractivity contribution is 5.75. The Morgan fingerprint density at radius 2 is 2.08 bits per heavy atom. The summed E-state index contributed by atoms with van der Waals surface area (Å²) in [5.41, 5.74) is 7.96. The summed E-state index contributed by atoms with van der Waals surface area (Å²) in [6.45, 7) is 4.59. The van der Waals surface area contributed by atoms with E-state index in [-0.39, 0.29) is 5.91 Å². The Bertz CT molecular complexity index is 728. The molecular formula is C18H23N5O. The summed E-state index contributed by atoms with van der Waals surface area (Å²) >= 11 is 0. The number of nitriles is 1. The van der Waals surface area contributed by atoms with Gasteiger partial charge in [-0.05, 0) is 30.9 Å². The van der Waals surface area contributed by atoms with Crippen molar-refractivity contribution in [2.24, 2.45) is 5.92 Å². The number of para-hydroxylation sites is 1. The molecule has 1 heterocycles. The number of hydrogen-bond acceptors (Lipinski definition) is 4. The summed E-state index contributed by atoms with van der Waals surface area (Å²) in [6, 6.07) is 11.6. The van der Waals surface area contributed by atoms with Crippen molar-refractivity contribution in [3.63, 3.8) is 0 Å². The third kappa shape index (κ3) is 4.35. The van der Waals surface area contributed by atoms with Crippen LogP contribution in [0.25, 0.3) is 5.69 Å². The highest BCUT2D eigenvalue weighted by atomic mass is 16.1. The molecule has 126 valence electrons. The van der Waals surface area contributed by atoms with Crippen molar-refractivity contribution < 1.29 is 4.79 Å². The van der Waals surface area contributed by atoms with Gasteiger partial charge in [-0.1, -0.05) is 32.0 Å². The third-order valence-corrected chi connectivity index (χ3v) is 3.61. The number of nitrogens with two attached hydrogens (primary N) is 1. The first-order valence-corrected chi connectivity index (χ1v) is 8.12. The van der Waals surface area contributed by atoms with E-state index in [1.54, 1.807) is 4.68 Å². The number of hydrogen-bond donors (Lipinski definition) is 2. The molecule has 0 spiro atoms. The molecule has 0 bridgehead atoms. The lowest BCUT2D eigenvalue weighted by atomic mass is 10.1. The molecule has 3 N–H and O–H groups in total. The van der Waals surface area contributed by atoms with Gasteiger partial charge in [0.05, 0.1) is 11.4 Å². The van der Waals surface area contributed by atoms with E-state index < -0.39 is 0 Å². The number of aromatic nitrogens is 2. The molecule has 2 rings (SSSR count). The van der Waals surface area contributed by atoms with Crippen LogP contribution < -0.4 is 11.1 Å². The normalized spacial score (nSPS) is 10.6. The summed E-state index contributed by atoms with van der Waals surface area (Å²) < 4.78 is 1.59. The number of nitrogens with one attached hydrogen (secondary N) is 1. The smallest absolute Gasteiger partial charge is 0.220 e. The predicted molar refractivity (Wildman–Crippen MR) is 93.5 cm³/mol. The molecule has 6 heteroatoms. The van der Waals surface area contributed by atoms with Gasteiger partial charge in [-0.2, -0.15) is 10.4 Å². The van der Waals surface area contributed by atoms with Crippen molar-refractivity contribution in [3.05, 3.63) is 41.6 Å². The van der Waals surface area contributed by atoms with Crippen LogP contribution in [-0.4, -0.2) is 22.2 Å². The fraction of sp³-hybridized carbons (Fsp3) is 0.389. The minimum atomic E-state index is 0.0554. The Labute approximate surface area is 142 Å². The van der Waals surface area contributed by atoms with Gasteiger partial charge in [-0.3, -0.25) is 4.79 Å². The first-order valence-electron chi connectivity index (χ1n) is 8.12. The van der Waals surface area contributed by atoms with E-state index in [1.807, 2.05) is 44.2 Å². The molecule has 1 aromatic heterocycles. The lowest BCUT2D eigenvalue weighted by molar-refractivity contribution is -0.121. The van der Waals surface area contributed by atoms with Crippen LogP contribution in [0.3, 0.4) is 0 Å². The quantitative estimate of drug-likeness (QED) is 0.764. The lowest BCUT2D eigenvalue weighted by Crippen LogP contribution is -2.25. The van der Waals surface area contributed by atoms with E-state index in [0.717, 1.165) is 5.69 Å². The largest absolute Gasteiger partial charge is 0.382 e. The fourth-order valence-corrected chi connectivity index (χ4v) is 2.47. The summed E-state index contributed by atoms with van der Waals surface area (Å²) in [5, 5.41) is 16.7. The molecule has 0 saturated heterocycles. The van der Waals surface area contributed by atoms with E-state index >= 15 is 0 Å². The first-order chi connectivity index (χ1) is 11.5. The zero-order valence-electron chi connectivity index (χ0n) is 14.1. The van der Waals surface area contributed by atoms with Gasteiger partial charge in [0.15, 0.2) is 0 Å². The molecule has 0 atom stereocenters. The maximum Gasteiger partial charge on any atom is 0.220 e. The molecule has 0 fully saturated rings. The molecule has 2 aromatic rings. The van der Waals surface area contributed by atoms with Gasteiger partial charge < -0.3 is 11.1 Å². The maximum atomic E-state index is 11.6. The zero-order chi connectivity index (χ0) is 17.5. The predicted octanol–water partition coefficient (Wildman–Crippen LogP) is 2.42. The molecule has 0 aliphatic carbocycles. The number of carbonyl (C=O) groups excluding carboxylic acids is 1. The van der Waals surface area contributed by atoms with Crippen molar-refractivity contribution >= 4 is 11.7 Å². The van der Waals surface area contributed by atoms with E-state index in [2.05, 4.69) is 16.5 Å². The molecule has 1 amide bonds. The van der Waals surface area contributed by atoms with Crippen LogP contribution in [0.5, 0.6) is 0 Å². The van der Waals surface area contributed by atoms with Crippen molar-refractivity contribution in [1.29, 1.82) is 5.26 Å². The number of carbonyl (C=O) groups is 1. The van der Waals surface area contributed by atoms with Crippen LogP contribution in [0.4, 0.5) is 5.82 Å². The average Bonchev–Trinajstić information content (AvgIpc) is 2.87. The highest BCUT2D eigenvalue weighted by Crippen LogP contribution is 2.21. The monoisotopic (exact) mass is 325 g/mol. The lowest BCUT2D eigenvalue weighted by Gasteiger charge is -2.06. The number of nitrogen functional groups attached to an aromatic ring is 1. The maximum absolute atomic E-state index is 11.6. The van der Waals surface area contributed by atoms with Gasteiger partial charge in [0, 0.05) is 13.0 Å².